The first kappa shape index (κ1) is 28.8. The summed E-state index contributed by atoms with van der Waals surface area (Å²) >= 11 is 0. The number of benzene rings is 7. The minimum atomic E-state index is 0.548. The molecular formula is C45H25N5. The number of hydrogen-bond donors (Lipinski definition) is 0. The number of nitriles is 2. The summed E-state index contributed by atoms with van der Waals surface area (Å²) < 4.78 is 4.46. The van der Waals surface area contributed by atoms with Crippen molar-refractivity contribution in [2.75, 3.05) is 0 Å². The highest BCUT2D eigenvalue weighted by atomic mass is 15.0. The summed E-state index contributed by atoms with van der Waals surface area (Å²) in [6.07, 6.45) is 0. The van der Waals surface area contributed by atoms with Gasteiger partial charge >= 0.3 is 0 Å². The summed E-state index contributed by atoms with van der Waals surface area (Å²) in [5.41, 5.74) is 11.5. The van der Waals surface area contributed by atoms with Crippen LogP contribution in [0.1, 0.15) is 11.1 Å². The van der Waals surface area contributed by atoms with Crippen molar-refractivity contribution in [1.29, 1.82) is 10.5 Å². The predicted octanol–water partition coefficient (Wildman–Crippen LogP) is 11.5. The van der Waals surface area contributed by atoms with Crippen molar-refractivity contribution < 1.29 is 0 Å². The van der Waals surface area contributed by atoms with E-state index < -0.39 is 0 Å². The minimum Gasteiger partial charge on any atom is -0.309 e. The zero-order valence-corrected chi connectivity index (χ0v) is 26.7. The van der Waals surface area contributed by atoms with Gasteiger partial charge in [0.15, 0.2) is 5.69 Å². The first-order valence-corrected chi connectivity index (χ1v) is 16.3. The van der Waals surface area contributed by atoms with Crippen LogP contribution in [-0.2, 0) is 0 Å². The lowest BCUT2D eigenvalue weighted by molar-refractivity contribution is 1.18. The van der Waals surface area contributed by atoms with Crippen LogP contribution in [0.15, 0.2) is 152 Å². The zero-order valence-electron chi connectivity index (χ0n) is 26.7. The highest BCUT2D eigenvalue weighted by Crippen LogP contribution is 2.41. The fourth-order valence-electron chi connectivity index (χ4n) is 7.44. The molecule has 0 saturated carbocycles. The van der Waals surface area contributed by atoms with E-state index in [1.807, 2.05) is 60.7 Å². The highest BCUT2D eigenvalue weighted by Gasteiger charge is 2.19. The molecule has 0 amide bonds. The Hall–Kier alpha value is -7.39. The standard InChI is InChI=1S/C45H25N5/c1-48-39-22-21-31(26-37(39)36-15-4-7-18-42(36)50-40-16-5-2-13-34(40)35-14-3-6-17-41(35)50)30-10-8-12-33(25-30)49-43-23-20-29(27-46)24-38(43)45-32(28-47)11-9-19-44(45)49/h2-26H. The van der Waals surface area contributed by atoms with Gasteiger partial charge in [-0.3, -0.25) is 0 Å². The van der Waals surface area contributed by atoms with Gasteiger partial charge in [-0.1, -0.05) is 91.0 Å². The maximum Gasteiger partial charge on any atom is 0.195 e. The Morgan fingerprint density at radius 1 is 0.500 bits per heavy atom. The van der Waals surface area contributed by atoms with Crippen molar-refractivity contribution in [3.05, 3.63) is 174 Å². The third kappa shape index (κ3) is 4.31. The van der Waals surface area contributed by atoms with Gasteiger partial charge in [0, 0.05) is 27.2 Å². The second kappa shape index (κ2) is 11.4. The average Bonchev–Trinajstić information content (AvgIpc) is 3.70. The molecule has 0 saturated heterocycles. The molecule has 0 bridgehead atoms. The van der Waals surface area contributed by atoms with E-state index in [0.29, 0.717) is 16.8 Å². The van der Waals surface area contributed by atoms with E-state index in [2.05, 4.69) is 117 Å². The van der Waals surface area contributed by atoms with Gasteiger partial charge < -0.3 is 9.13 Å². The van der Waals surface area contributed by atoms with E-state index in [-0.39, 0.29) is 0 Å². The first-order valence-electron chi connectivity index (χ1n) is 16.3. The fourth-order valence-corrected chi connectivity index (χ4v) is 7.44. The van der Waals surface area contributed by atoms with Crippen LogP contribution in [0.3, 0.4) is 0 Å². The number of nitrogens with zero attached hydrogens (tertiary/aromatic N) is 5. The number of hydrogen-bond acceptors (Lipinski definition) is 2. The summed E-state index contributed by atoms with van der Waals surface area (Å²) in [6.45, 7) is 8.13. The van der Waals surface area contributed by atoms with Gasteiger partial charge in [-0.2, -0.15) is 10.5 Å². The molecule has 2 aromatic heterocycles. The maximum absolute atomic E-state index is 9.99. The molecular weight excluding hydrogens is 611 g/mol. The molecule has 0 spiro atoms. The topological polar surface area (TPSA) is 61.8 Å². The van der Waals surface area contributed by atoms with Crippen LogP contribution in [0.25, 0.3) is 82.1 Å². The van der Waals surface area contributed by atoms with Gasteiger partial charge in [0.05, 0.1) is 57.6 Å². The molecule has 0 atom stereocenters. The van der Waals surface area contributed by atoms with E-state index >= 15 is 0 Å². The van der Waals surface area contributed by atoms with Crippen molar-refractivity contribution in [1.82, 2.24) is 9.13 Å². The van der Waals surface area contributed by atoms with E-state index in [9.17, 15) is 10.5 Å². The van der Waals surface area contributed by atoms with Gasteiger partial charge in [0.25, 0.3) is 0 Å². The minimum absolute atomic E-state index is 0.548. The Kier molecular flexibility index (Phi) is 6.56. The predicted molar refractivity (Wildman–Crippen MR) is 202 cm³/mol. The van der Waals surface area contributed by atoms with Crippen molar-refractivity contribution in [2.45, 2.75) is 0 Å². The number of fused-ring (bicyclic) bond motifs is 6. The smallest absolute Gasteiger partial charge is 0.195 e. The maximum atomic E-state index is 9.99. The summed E-state index contributed by atoms with van der Waals surface area (Å²) in [4.78, 5) is 3.97. The van der Waals surface area contributed by atoms with Crippen LogP contribution in [-0.4, -0.2) is 9.13 Å². The molecule has 9 rings (SSSR count). The molecule has 50 heavy (non-hydrogen) atoms. The van der Waals surface area contributed by atoms with Gasteiger partial charge in [0.2, 0.25) is 0 Å². The molecule has 5 nitrogen and oxygen atoms in total. The van der Waals surface area contributed by atoms with Crippen molar-refractivity contribution in [3.8, 4) is 45.8 Å². The highest BCUT2D eigenvalue weighted by molar-refractivity contribution is 6.12. The number of para-hydroxylation sites is 3. The summed E-state index contributed by atoms with van der Waals surface area (Å²) in [5, 5.41) is 23.7. The summed E-state index contributed by atoms with van der Waals surface area (Å²) in [5.74, 6) is 0. The van der Waals surface area contributed by atoms with Crippen LogP contribution < -0.4 is 0 Å². The molecule has 2 heterocycles. The molecule has 0 aliphatic carbocycles. The Labute approximate surface area is 288 Å². The fraction of sp³-hybridized carbons (Fsp3) is 0. The Balaban J connectivity index is 1.24. The molecule has 0 unspecified atom stereocenters. The Morgan fingerprint density at radius 2 is 1.18 bits per heavy atom. The molecule has 0 aliphatic heterocycles. The SMILES string of the molecule is [C-]#[N+]c1ccc(-c2cccc(-n3c4ccc(C#N)cc4c4c(C#N)cccc43)c2)cc1-c1ccccc1-n1c2ccccc2c2ccccc21. The van der Waals surface area contributed by atoms with Crippen molar-refractivity contribution >= 4 is 49.3 Å². The van der Waals surface area contributed by atoms with Gasteiger partial charge in [0.1, 0.15) is 0 Å². The zero-order chi connectivity index (χ0) is 33.8. The van der Waals surface area contributed by atoms with Gasteiger partial charge in [-0.05, 0) is 82.9 Å². The quantitative estimate of drug-likeness (QED) is 0.181. The lowest BCUT2D eigenvalue weighted by Gasteiger charge is -2.16. The van der Waals surface area contributed by atoms with Crippen LogP contribution in [0, 0.1) is 29.2 Å². The molecule has 0 radical (unpaired) electrons. The van der Waals surface area contributed by atoms with Crippen LogP contribution >= 0.6 is 0 Å². The Morgan fingerprint density at radius 3 is 1.94 bits per heavy atom. The second-order valence-electron chi connectivity index (χ2n) is 12.3. The lowest BCUT2D eigenvalue weighted by Crippen LogP contribution is -1.97. The number of aromatic nitrogens is 2. The summed E-state index contributed by atoms with van der Waals surface area (Å²) in [6, 6.07) is 55.6. The molecule has 230 valence electrons. The molecule has 0 fully saturated rings. The summed E-state index contributed by atoms with van der Waals surface area (Å²) in [7, 11) is 0. The molecule has 9 aromatic rings. The normalized spacial score (nSPS) is 11.1. The van der Waals surface area contributed by atoms with E-state index in [1.54, 1.807) is 0 Å². The Bertz CT molecular complexity index is 2920. The second-order valence-corrected chi connectivity index (χ2v) is 12.3. The lowest BCUT2D eigenvalue weighted by atomic mass is 9.96. The average molecular weight is 636 g/mol. The molecule has 5 heteroatoms. The van der Waals surface area contributed by atoms with Crippen LogP contribution in [0.5, 0.6) is 0 Å². The monoisotopic (exact) mass is 635 g/mol. The van der Waals surface area contributed by atoms with Gasteiger partial charge in [-0.25, -0.2) is 4.85 Å². The van der Waals surface area contributed by atoms with Crippen molar-refractivity contribution in [3.63, 3.8) is 0 Å². The first-order chi connectivity index (χ1) is 24.7. The van der Waals surface area contributed by atoms with Crippen LogP contribution in [0.4, 0.5) is 5.69 Å². The van der Waals surface area contributed by atoms with Crippen molar-refractivity contribution in [2.24, 2.45) is 0 Å². The number of rotatable bonds is 4. The third-order valence-corrected chi connectivity index (χ3v) is 9.61. The molecule has 0 N–H and O–H groups in total. The van der Waals surface area contributed by atoms with Gasteiger partial charge in [-0.15, -0.1) is 0 Å². The van der Waals surface area contributed by atoms with E-state index in [4.69, 9.17) is 6.57 Å². The molecule has 7 aromatic carbocycles. The molecule has 0 aliphatic rings. The van der Waals surface area contributed by atoms with E-state index in [0.717, 1.165) is 66.5 Å². The van der Waals surface area contributed by atoms with E-state index in [1.165, 1.54) is 10.8 Å². The largest absolute Gasteiger partial charge is 0.309 e. The van der Waals surface area contributed by atoms with Crippen LogP contribution in [0.2, 0.25) is 0 Å². The third-order valence-electron chi connectivity index (χ3n) is 9.61.